The Bertz CT molecular complexity index is 1900. The van der Waals surface area contributed by atoms with Crippen molar-refractivity contribution in [3.8, 4) is 29.4 Å². The molecule has 1 atom stereocenters. The van der Waals surface area contributed by atoms with E-state index in [0.717, 1.165) is 16.3 Å². The molecule has 1 unspecified atom stereocenters. The average Bonchev–Trinajstić information content (AvgIpc) is 3.45. The molecular formula is C31H26ClFN4O4S. The van der Waals surface area contributed by atoms with Crippen LogP contribution < -0.4 is 15.4 Å². The third kappa shape index (κ3) is 7.33. The Morgan fingerprint density at radius 1 is 1.10 bits per heavy atom. The van der Waals surface area contributed by atoms with Crippen molar-refractivity contribution in [3.05, 3.63) is 101 Å². The first-order valence-electron chi connectivity index (χ1n) is 12.3. The van der Waals surface area contributed by atoms with Crippen LogP contribution in [0, 0.1) is 18.2 Å². The second-order valence-electron chi connectivity index (χ2n) is 8.80. The molecule has 0 saturated heterocycles. The van der Waals surface area contributed by atoms with Gasteiger partial charge in [-0.05, 0) is 66.2 Å². The maximum Gasteiger partial charge on any atom is 0.212 e. The number of furan rings is 1. The van der Waals surface area contributed by atoms with E-state index in [2.05, 4.69) is 26.5 Å². The van der Waals surface area contributed by atoms with Crippen LogP contribution in [0.4, 0.5) is 15.9 Å². The smallest absolute Gasteiger partial charge is 0.212 e. The Balaban J connectivity index is 0.00000405. The van der Waals surface area contributed by atoms with E-state index < -0.39 is 16.3 Å². The fraction of sp³-hybridized carbons (Fsp3) is 0.129. The Morgan fingerprint density at radius 2 is 1.95 bits per heavy atom. The fourth-order valence-corrected chi connectivity index (χ4v) is 4.79. The van der Waals surface area contributed by atoms with Crippen LogP contribution in [-0.4, -0.2) is 30.3 Å². The van der Waals surface area contributed by atoms with Gasteiger partial charge in [-0.3, -0.25) is 5.32 Å². The number of nitrogens with zero attached hydrogens (tertiary/aromatic N) is 2. The number of rotatable bonds is 10. The van der Waals surface area contributed by atoms with Gasteiger partial charge in [0.05, 0.1) is 28.5 Å². The molecule has 0 fully saturated rings. The van der Waals surface area contributed by atoms with E-state index in [-0.39, 0.29) is 26.4 Å². The highest BCUT2D eigenvalue weighted by molar-refractivity contribution is 7.71. The Morgan fingerprint density at radius 3 is 2.71 bits per heavy atom. The monoisotopic (exact) mass is 604 g/mol. The molecule has 11 heteroatoms. The van der Waals surface area contributed by atoms with Gasteiger partial charge in [0.2, 0.25) is 10.3 Å². The summed E-state index contributed by atoms with van der Waals surface area (Å²) in [6.07, 6.45) is 6.76. The van der Waals surface area contributed by atoms with Crippen LogP contribution in [0.3, 0.4) is 0 Å². The van der Waals surface area contributed by atoms with Crippen LogP contribution in [0.2, 0.25) is 5.02 Å². The van der Waals surface area contributed by atoms with Crippen molar-refractivity contribution in [1.29, 1.82) is 0 Å². The third-order valence-electron chi connectivity index (χ3n) is 6.00. The molecule has 2 heterocycles. The van der Waals surface area contributed by atoms with Crippen molar-refractivity contribution in [3.63, 3.8) is 0 Å². The van der Waals surface area contributed by atoms with Gasteiger partial charge in [0.25, 0.3) is 0 Å². The molecule has 0 spiro atoms. The summed E-state index contributed by atoms with van der Waals surface area (Å²) in [6, 6.07) is 19.7. The number of aromatic nitrogens is 2. The standard InChI is InChI=1S/C30H22ClFN4O4S.CH4/c1-2-12-33-26(17-41(37)38)29-11-10-27(40-29)20-6-8-25-23(14-20)30(35-18-34-25)36-22-7-9-28(24(31)15-22)39-16-19-4-3-5-21(32)13-19;/h1,3-11,13-15,17-18,26,33H,12,16H2,(H,34,35,36);1H4. The van der Waals surface area contributed by atoms with E-state index >= 15 is 0 Å². The van der Waals surface area contributed by atoms with Crippen molar-refractivity contribution in [2.24, 2.45) is 0 Å². The predicted octanol–water partition coefficient (Wildman–Crippen LogP) is 6.59. The van der Waals surface area contributed by atoms with Crippen molar-refractivity contribution < 1.29 is 22.0 Å². The topological polar surface area (TPSA) is 106 Å². The molecule has 42 heavy (non-hydrogen) atoms. The average molecular weight is 605 g/mol. The minimum atomic E-state index is -2.41. The molecule has 0 aliphatic heterocycles. The van der Waals surface area contributed by atoms with E-state index in [1.807, 2.05) is 18.2 Å². The number of terminal acetylenes is 1. The Labute approximate surface area is 249 Å². The van der Waals surface area contributed by atoms with Crippen LogP contribution >= 0.6 is 11.6 Å². The lowest BCUT2D eigenvalue weighted by atomic mass is 10.1. The minimum absolute atomic E-state index is 0. The number of hydrogen-bond donors (Lipinski definition) is 2. The summed E-state index contributed by atoms with van der Waals surface area (Å²) in [4.78, 5) is 8.76. The largest absolute Gasteiger partial charge is 0.487 e. The van der Waals surface area contributed by atoms with Gasteiger partial charge >= 0.3 is 0 Å². The maximum absolute atomic E-state index is 13.4. The van der Waals surface area contributed by atoms with Gasteiger partial charge in [0, 0.05) is 16.6 Å². The first kappa shape index (κ1) is 30.3. The Hall–Kier alpha value is -4.69. The SMILES string of the molecule is C.C#CCNC(C=S(=O)=O)c1ccc(-c2ccc3ncnc(Nc4ccc(OCc5cccc(F)c5)c(Cl)c4)c3c2)o1. The van der Waals surface area contributed by atoms with Gasteiger partial charge in [-0.1, -0.05) is 37.1 Å². The molecule has 5 rings (SSSR count). The van der Waals surface area contributed by atoms with Crippen LogP contribution in [0.1, 0.15) is 24.8 Å². The van der Waals surface area contributed by atoms with Crippen LogP contribution in [0.25, 0.3) is 22.2 Å². The molecule has 214 valence electrons. The highest BCUT2D eigenvalue weighted by Crippen LogP contribution is 2.33. The molecule has 8 nitrogen and oxygen atoms in total. The molecule has 0 aliphatic rings. The van der Waals surface area contributed by atoms with Crippen molar-refractivity contribution in [1.82, 2.24) is 15.3 Å². The Kier molecular flexibility index (Phi) is 9.93. The van der Waals surface area contributed by atoms with E-state index in [9.17, 15) is 12.8 Å². The summed E-state index contributed by atoms with van der Waals surface area (Å²) in [7, 11) is -2.41. The molecule has 0 aliphatic carbocycles. The minimum Gasteiger partial charge on any atom is -0.487 e. The summed E-state index contributed by atoms with van der Waals surface area (Å²) in [6.45, 7) is 0.340. The molecule has 0 radical (unpaired) electrons. The van der Waals surface area contributed by atoms with Gasteiger partial charge in [0.1, 0.15) is 41.8 Å². The van der Waals surface area contributed by atoms with E-state index in [4.69, 9.17) is 27.2 Å². The van der Waals surface area contributed by atoms with Crippen LogP contribution in [-0.2, 0) is 16.9 Å². The zero-order valence-electron chi connectivity index (χ0n) is 21.3. The van der Waals surface area contributed by atoms with Crippen molar-refractivity contribution in [2.75, 3.05) is 11.9 Å². The van der Waals surface area contributed by atoms with Gasteiger partial charge < -0.3 is 14.5 Å². The normalized spacial score (nSPS) is 11.3. The van der Waals surface area contributed by atoms with Crippen LogP contribution in [0.5, 0.6) is 5.75 Å². The zero-order valence-corrected chi connectivity index (χ0v) is 22.9. The number of fused-ring (bicyclic) bond motifs is 1. The molecule has 5 aromatic rings. The first-order valence-corrected chi connectivity index (χ1v) is 13.8. The highest BCUT2D eigenvalue weighted by Gasteiger charge is 2.16. The maximum atomic E-state index is 13.4. The van der Waals surface area contributed by atoms with Crippen molar-refractivity contribution in [2.45, 2.75) is 20.1 Å². The number of benzene rings is 3. The number of nitrogens with one attached hydrogen (secondary N) is 2. The lowest BCUT2D eigenvalue weighted by molar-refractivity contribution is 0.306. The second-order valence-corrected chi connectivity index (χ2v) is 10.0. The van der Waals surface area contributed by atoms with Crippen molar-refractivity contribution >= 4 is 49.7 Å². The van der Waals surface area contributed by atoms with Crippen LogP contribution in [0.15, 0.2) is 83.5 Å². The number of anilines is 2. The summed E-state index contributed by atoms with van der Waals surface area (Å²) >= 11 is 6.47. The quantitative estimate of drug-likeness (QED) is 0.136. The molecule has 3 aromatic carbocycles. The van der Waals surface area contributed by atoms with Gasteiger partial charge in [-0.2, -0.15) is 8.42 Å². The molecule has 2 N–H and O–H groups in total. The molecule has 2 aromatic heterocycles. The summed E-state index contributed by atoms with van der Waals surface area (Å²) < 4.78 is 47.7. The predicted molar refractivity (Wildman–Crippen MR) is 164 cm³/mol. The lowest BCUT2D eigenvalue weighted by Crippen LogP contribution is -2.22. The fourth-order valence-electron chi connectivity index (χ4n) is 4.10. The molecular weight excluding hydrogens is 579 g/mol. The second kappa shape index (κ2) is 13.8. The van der Waals surface area contributed by atoms with E-state index in [0.29, 0.717) is 44.9 Å². The molecule has 0 amide bonds. The summed E-state index contributed by atoms with van der Waals surface area (Å²) in [5.74, 6) is 4.01. The number of hydrogen-bond acceptors (Lipinski definition) is 8. The third-order valence-corrected chi connectivity index (χ3v) is 6.79. The highest BCUT2D eigenvalue weighted by atomic mass is 35.5. The summed E-state index contributed by atoms with van der Waals surface area (Å²) in [5, 5.41) is 8.38. The van der Waals surface area contributed by atoms with E-state index in [1.54, 1.807) is 42.5 Å². The first-order chi connectivity index (χ1) is 19.9. The zero-order chi connectivity index (χ0) is 28.8. The molecule has 0 bridgehead atoms. The number of ether oxygens (including phenoxy) is 1. The van der Waals surface area contributed by atoms with E-state index in [1.165, 1.54) is 18.5 Å². The van der Waals surface area contributed by atoms with Gasteiger partial charge in [-0.15, -0.1) is 6.42 Å². The molecule has 0 saturated carbocycles. The number of halogens is 2. The lowest BCUT2D eigenvalue weighted by Gasteiger charge is -2.12. The summed E-state index contributed by atoms with van der Waals surface area (Å²) in [5.41, 5.74) is 2.79. The van der Waals surface area contributed by atoms with Gasteiger partial charge in [0.15, 0.2) is 0 Å². The van der Waals surface area contributed by atoms with Gasteiger partial charge in [-0.25, -0.2) is 14.4 Å².